The van der Waals surface area contributed by atoms with Gasteiger partial charge in [0.05, 0.1) is 5.60 Å². The molecule has 2 N–H and O–H groups in total. The van der Waals surface area contributed by atoms with Gasteiger partial charge in [0, 0.05) is 18.0 Å². The number of nitrogens with one attached hydrogen (secondary N) is 1. The van der Waals surface area contributed by atoms with E-state index in [1.165, 1.54) is 0 Å². The van der Waals surface area contributed by atoms with Crippen LogP contribution in [0, 0.1) is 0 Å². The van der Waals surface area contributed by atoms with Gasteiger partial charge >= 0.3 is 0 Å². The van der Waals surface area contributed by atoms with Crippen LogP contribution in [0.5, 0.6) is 0 Å². The quantitative estimate of drug-likeness (QED) is 0.847. The van der Waals surface area contributed by atoms with Gasteiger partial charge in [-0.2, -0.15) is 0 Å². The standard InChI is InChI=1S/C13H18ClNO2/c1-13(2,17)9-15-12(16)8-7-10-5-3-4-6-11(10)14/h3-6,17H,7-9H2,1-2H3,(H,15,16). The van der Waals surface area contributed by atoms with Gasteiger partial charge in [0.1, 0.15) is 0 Å². The maximum atomic E-state index is 11.5. The van der Waals surface area contributed by atoms with E-state index in [-0.39, 0.29) is 12.5 Å². The first-order valence-electron chi connectivity index (χ1n) is 5.61. The molecule has 0 aliphatic rings. The molecule has 4 heteroatoms. The van der Waals surface area contributed by atoms with E-state index in [1.54, 1.807) is 13.8 Å². The lowest BCUT2D eigenvalue weighted by atomic mass is 10.1. The van der Waals surface area contributed by atoms with Gasteiger partial charge in [-0.15, -0.1) is 0 Å². The minimum Gasteiger partial charge on any atom is -0.389 e. The summed E-state index contributed by atoms with van der Waals surface area (Å²) in [6, 6.07) is 7.48. The predicted molar refractivity (Wildman–Crippen MR) is 69.1 cm³/mol. The van der Waals surface area contributed by atoms with E-state index >= 15 is 0 Å². The summed E-state index contributed by atoms with van der Waals surface area (Å²) in [6.45, 7) is 3.57. The number of halogens is 1. The van der Waals surface area contributed by atoms with Crippen molar-refractivity contribution in [1.82, 2.24) is 5.32 Å². The number of amides is 1. The Bertz CT molecular complexity index is 385. The van der Waals surface area contributed by atoms with Crippen LogP contribution in [0.4, 0.5) is 0 Å². The highest BCUT2D eigenvalue weighted by molar-refractivity contribution is 6.31. The summed E-state index contributed by atoms with van der Waals surface area (Å²) < 4.78 is 0. The topological polar surface area (TPSA) is 49.3 Å². The van der Waals surface area contributed by atoms with Gasteiger partial charge in [0.15, 0.2) is 0 Å². The highest BCUT2D eigenvalue weighted by atomic mass is 35.5. The normalized spacial score (nSPS) is 11.3. The van der Waals surface area contributed by atoms with Crippen molar-refractivity contribution in [3.05, 3.63) is 34.9 Å². The van der Waals surface area contributed by atoms with E-state index < -0.39 is 5.60 Å². The fraction of sp³-hybridized carbons (Fsp3) is 0.462. The Morgan fingerprint density at radius 3 is 2.65 bits per heavy atom. The summed E-state index contributed by atoms with van der Waals surface area (Å²) in [6.07, 6.45) is 0.983. The lowest BCUT2D eigenvalue weighted by Crippen LogP contribution is -2.38. The van der Waals surface area contributed by atoms with E-state index in [0.717, 1.165) is 5.56 Å². The number of benzene rings is 1. The van der Waals surface area contributed by atoms with Gasteiger partial charge in [-0.3, -0.25) is 4.79 Å². The minimum atomic E-state index is -0.875. The fourth-order valence-corrected chi connectivity index (χ4v) is 1.58. The predicted octanol–water partition coefficient (Wildman–Crippen LogP) is 2.16. The Hall–Kier alpha value is -1.06. The molecule has 0 saturated carbocycles. The van der Waals surface area contributed by atoms with Crippen molar-refractivity contribution >= 4 is 17.5 Å². The number of carbonyl (C=O) groups excluding carboxylic acids is 1. The molecule has 1 aromatic carbocycles. The Morgan fingerprint density at radius 1 is 1.41 bits per heavy atom. The van der Waals surface area contributed by atoms with Crippen molar-refractivity contribution in [1.29, 1.82) is 0 Å². The Morgan fingerprint density at radius 2 is 2.06 bits per heavy atom. The van der Waals surface area contributed by atoms with Crippen molar-refractivity contribution < 1.29 is 9.90 Å². The smallest absolute Gasteiger partial charge is 0.220 e. The van der Waals surface area contributed by atoms with Crippen LogP contribution in [0.25, 0.3) is 0 Å². The highest BCUT2D eigenvalue weighted by Gasteiger charge is 2.13. The van der Waals surface area contributed by atoms with Crippen LogP contribution in [0.1, 0.15) is 25.8 Å². The van der Waals surface area contributed by atoms with E-state index in [4.69, 9.17) is 11.6 Å². The molecular weight excluding hydrogens is 238 g/mol. The molecule has 0 radical (unpaired) electrons. The van der Waals surface area contributed by atoms with Crippen molar-refractivity contribution in [3.63, 3.8) is 0 Å². The second-order valence-electron chi connectivity index (χ2n) is 4.68. The van der Waals surface area contributed by atoms with Crippen molar-refractivity contribution in [3.8, 4) is 0 Å². The second-order valence-corrected chi connectivity index (χ2v) is 5.09. The van der Waals surface area contributed by atoms with Gasteiger partial charge < -0.3 is 10.4 Å². The molecule has 0 spiro atoms. The maximum absolute atomic E-state index is 11.5. The monoisotopic (exact) mass is 255 g/mol. The third-order valence-corrected chi connectivity index (χ3v) is 2.67. The van der Waals surface area contributed by atoms with E-state index in [0.29, 0.717) is 17.9 Å². The SMILES string of the molecule is CC(C)(O)CNC(=O)CCc1ccccc1Cl. The zero-order valence-corrected chi connectivity index (χ0v) is 10.9. The third-order valence-electron chi connectivity index (χ3n) is 2.30. The number of hydrogen-bond acceptors (Lipinski definition) is 2. The minimum absolute atomic E-state index is 0.0768. The molecule has 0 saturated heterocycles. The van der Waals surface area contributed by atoms with E-state index in [9.17, 15) is 9.90 Å². The van der Waals surface area contributed by atoms with Crippen LogP contribution < -0.4 is 5.32 Å². The molecule has 0 fully saturated rings. The molecule has 17 heavy (non-hydrogen) atoms. The van der Waals surface area contributed by atoms with Gasteiger partial charge in [0.25, 0.3) is 0 Å². The lowest BCUT2D eigenvalue weighted by Gasteiger charge is -2.17. The number of hydrogen-bond donors (Lipinski definition) is 2. The first kappa shape index (κ1) is 14.0. The summed E-state index contributed by atoms with van der Waals surface area (Å²) in [5.74, 6) is -0.0768. The average molecular weight is 256 g/mol. The van der Waals surface area contributed by atoms with Gasteiger partial charge in [-0.1, -0.05) is 29.8 Å². The van der Waals surface area contributed by atoms with Gasteiger partial charge in [-0.05, 0) is 31.9 Å². The summed E-state index contributed by atoms with van der Waals surface area (Å²) in [4.78, 5) is 11.5. The fourth-order valence-electron chi connectivity index (χ4n) is 1.35. The molecule has 1 aromatic rings. The molecule has 0 heterocycles. The summed E-state index contributed by atoms with van der Waals surface area (Å²) >= 11 is 5.99. The molecule has 0 aliphatic heterocycles. The zero-order chi connectivity index (χ0) is 12.9. The molecule has 0 atom stereocenters. The summed E-state index contributed by atoms with van der Waals surface area (Å²) in [5.41, 5.74) is 0.0904. The Kier molecular flexibility index (Phi) is 4.97. The van der Waals surface area contributed by atoms with Gasteiger partial charge in [0.2, 0.25) is 5.91 Å². The van der Waals surface area contributed by atoms with Crippen LogP contribution in [-0.2, 0) is 11.2 Å². The van der Waals surface area contributed by atoms with Crippen molar-refractivity contribution in [2.75, 3.05) is 6.54 Å². The van der Waals surface area contributed by atoms with E-state index in [2.05, 4.69) is 5.32 Å². The highest BCUT2D eigenvalue weighted by Crippen LogP contribution is 2.16. The van der Waals surface area contributed by atoms with Crippen LogP contribution in [-0.4, -0.2) is 23.2 Å². The molecule has 0 aromatic heterocycles. The molecule has 1 rings (SSSR count). The van der Waals surface area contributed by atoms with Crippen LogP contribution in [0.3, 0.4) is 0 Å². The molecule has 94 valence electrons. The van der Waals surface area contributed by atoms with Crippen molar-refractivity contribution in [2.24, 2.45) is 0 Å². The first-order valence-corrected chi connectivity index (χ1v) is 5.99. The molecule has 0 aliphatic carbocycles. The molecule has 0 unspecified atom stereocenters. The molecule has 0 bridgehead atoms. The molecule has 1 amide bonds. The number of rotatable bonds is 5. The van der Waals surface area contributed by atoms with E-state index in [1.807, 2.05) is 24.3 Å². The summed E-state index contributed by atoms with van der Waals surface area (Å²) in [7, 11) is 0. The van der Waals surface area contributed by atoms with Crippen molar-refractivity contribution in [2.45, 2.75) is 32.3 Å². The molecule has 3 nitrogen and oxygen atoms in total. The Balaban J connectivity index is 2.36. The third kappa shape index (κ3) is 5.71. The van der Waals surface area contributed by atoms with Crippen LogP contribution in [0.2, 0.25) is 5.02 Å². The van der Waals surface area contributed by atoms with Gasteiger partial charge in [-0.25, -0.2) is 0 Å². The van der Waals surface area contributed by atoms with Crippen LogP contribution >= 0.6 is 11.6 Å². The maximum Gasteiger partial charge on any atom is 0.220 e. The number of aliphatic hydroxyl groups is 1. The largest absolute Gasteiger partial charge is 0.389 e. The zero-order valence-electron chi connectivity index (χ0n) is 10.2. The first-order chi connectivity index (χ1) is 7.88. The number of carbonyl (C=O) groups is 1. The lowest BCUT2D eigenvalue weighted by molar-refractivity contribution is -0.122. The molecular formula is C13H18ClNO2. The van der Waals surface area contributed by atoms with Crippen LogP contribution in [0.15, 0.2) is 24.3 Å². The Labute approximate surface area is 107 Å². The summed E-state index contributed by atoms with van der Waals surface area (Å²) in [5, 5.41) is 12.8. The average Bonchev–Trinajstić information content (AvgIpc) is 2.24. The number of aryl methyl sites for hydroxylation is 1. The second kappa shape index (κ2) is 6.03.